The molecule has 1 atom stereocenters. The van der Waals surface area contributed by atoms with Crippen LogP contribution in [0.1, 0.15) is 43.0 Å². The highest BCUT2D eigenvalue weighted by atomic mass is 35.5. The summed E-state index contributed by atoms with van der Waals surface area (Å²) in [5.74, 6) is -1.07. The van der Waals surface area contributed by atoms with Crippen molar-refractivity contribution in [2.75, 3.05) is 0 Å². The molecule has 0 radical (unpaired) electrons. The number of hydrogen-bond acceptors (Lipinski definition) is 5. The summed E-state index contributed by atoms with van der Waals surface area (Å²) < 4.78 is 31.5. The normalized spacial score (nSPS) is 14.4. The van der Waals surface area contributed by atoms with Gasteiger partial charge in [0, 0.05) is 28.2 Å². The third-order valence-corrected chi connectivity index (χ3v) is 7.34. The highest BCUT2D eigenvalue weighted by Crippen LogP contribution is 2.29. The summed E-state index contributed by atoms with van der Waals surface area (Å²) in [7, 11) is -2.53. The molecule has 27 heavy (non-hydrogen) atoms. The van der Waals surface area contributed by atoms with Crippen molar-refractivity contribution in [1.29, 1.82) is 0 Å². The molecule has 1 heterocycles. The molecule has 0 fully saturated rings. The molecule has 1 aromatic carbocycles. The molecule has 148 valence electrons. The van der Waals surface area contributed by atoms with Gasteiger partial charge in [0.2, 0.25) is 4.80 Å². The standard InChI is InChI=1S/C17H22ClN3O4S2/c1-9-14(17(2,3)4)26-16(21(9)5)20-27(24,25)12-8-10(18)6-7-11(12)13(22)15(19)23/h6-8,13,22H,1-5H3,(H2,19,23)/b20-16-. The number of halogens is 1. The minimum atomic E-state index is -4.25. The van der Waals surface area contributed by atoms with Gasteiger partial charge in [0.05, 0.1) is 4.90 Å². The van der Waals surface area contributed by atoms with Crippen molar-refractivity contribution in [3.8, 4) is 0 Å². The molecule has 3 N–H and O–H groups in total. The molecule has 2 aromatic rings. The number of aromatic nitrogens is 1. The topological polar surface area (TPSA) is 115 Å². The van der Waals surface area contributed by atoms with Crippen LogP contribution in [0.15, 0.2) is 27.5 Å². The highest BCUT2D eigenvalue weighted by molar-refractivity contribution is 7.90. The Morgan fingerprint density at radius 2 is 1.96 bits per heavy atom. The second-order valence-electron chi connectivity index (χ2n) is 7.16. The zero-order valence-electron chi connectivity index (χ0n) is 15.6. The molecule has 0 aliphatic carbocycles. The van der Waals surface area contributed by atoms with Gasteiger partial charge in [-0.2, -0.15) is 8.42 Å². The molecule has 2 rings (SSSR count). The van der Waals surface area contributed by atoms with Crippen molar-refractivity contribution < 1.29 is 18.3 Å². The molecule has 0 aliphatic rings. The fourth-order valence-corrected chi connectivity index (χ4v) is 5.48. The van der Waals surface area contributed by atoms with E-state index in [0.717, 1.165) is 16.6 Å². The third-order valence-electron chi connectivity index (χ3n) is 4.01. The van der Waals surface area contributed by atoms with Crippen LogP contribution in [-0.2, 0) is 27.3 Å². The van der Waals surface area contributed by atoms with E-state index in [0.29, 0.717) is 0 Å². The Bertz CT molecular complexity index is 1060. The van der Waals surface area contributed by atoms with Crippen LogP contribution in [0.3, 0.4) is 0 Å². The molecule has 1 unspecified atom stereocenters. The first-order valence-electron chi connectivity index (χ1n) is 8.00. The molecule has 10 heteroatoms. The predicted octanol–water partition coefficient (Wildman–Crippen LogP) is 2.15. The largest absolute Gasteiger partial charge is 0.378 e. The van der Waals surface area contributed by atoms with Crippen molar-refractivity contribution >= 4 is 38.9 Å². The van der Waals surface area contributed by atoms with Gasteiger partial charge >= 0.3 is 0 Å². The van der Waals surface area contributed by atoms with Crippen molar-refractivity contribution in [2.45, 2.75) is 44.1 Å². The van der Waals surface area contributed by atoms with Crippen molar-refractivity contribution in [3.05, 3.63) is 44.2 Å². The molecular formula is C17H22ClN3O4S2. The molecule has 0 saturated carbocycles. The number of primary amides is 1. The van der Waals surface area contributed by atoms with Gasteiger partial charge in [-0.1, -0.05) is 38.4 Å². The van der Waals surface area contributed by atoms with Crippen LogP contribution >= 0.6 is 22.9 Å². The van der Waals surface area contributed by atoms with E-state index < -0.39 is 22.0 Å². The number of carbonyl (C=O) groups is 1. The average Bonchev–Trinajstić information content (AvgIpc) is 2.82. The number of sulfonamides is 1. The lowest BCUT2D eigenvalue weighted by Crippen LogP contribution is -2.23. The van der Waals surface area contributed by atoms with Gasteiger partial charge in [0.15, 0.2) is 6.10 Å². The third kappa shape index (κ3) is 4.43. The lowest BCUT2D eigenvalue weighted by atomic mass is 9.93. The summed E-state index contributed by atoms with van der Waals surface area (Å²) in [5, 5.41) is 10.1. The smallest absolute Gasteiger partial charge is 0.285 e. The van der Waals surface area contributed by atoms with E-state index in [-0.39, 0.29) is 25.7 Å². The highest BCUT2D eigenvalue weighted by Gasteiger charge is 2.27. The van der Waals surface area contributed by atoms with E-state index in [1.165, 1.54) is 23.5 Å². The average molecular weight is 432 g/mol. The van der Waals surface area contributed by atoms with Crippen LogP contribution in [0, 0.1) is 6.92 Å². The maximum absolute atomic E-state index is 12.9. The predicted molar refractivity (Wildman–Crippen MR) is 105 cm³/mol. The molecule has 1 amide bonds. The fourth-order valence-electron chi connectivity index (χ4n) is 2.57. The molecule has 0 bridgehead atoms. The number of amides is 1. The Labute approximate surface area is 167 Å². The van der Waals surface area contributed by atoms with Crippen molar-refractivity contribution in [1.82, 2.24) is 4.57 Å². The Morgan fingerprint density at radius 1 is 1.37 bits per heavy atom. The molecule has 0 spiro atoms. The summed E-state index contributed by atoms with van der Waals surface area (Å²) in [4.78, 5) is 12.3. The number of benzene rings is 1. The Morgan fingerprint density at radius 3 is 2.44 bits per heavy atom. The summed E-state index contributed by atoms with van der Waals surface area (Å²) in [5.41, 5.74) is 5.69. The Kier molecular flexibility index (Phi) is 5.91. The molecule has 0 aliphatic heterocycles. The number of nitrogens with two attached hydrogens (primary N) is 1. The van der Waals surface area contributed by atoms with Gasteiger partial charge in [-0.15, -0.1) is 15.7 Å². The van der Waals surface area contributed by atoms with Gasteiger partial charge in [-0.25, -0.2) is 0 Å². The van der Waals surface area contributed by atoms with E-state index >= 15 is 0 Å². The molecule has 1 aromatic heterocycles. The maximum Gasteiger partial charge on any atom is 0.285 e. The molecule has 7 nitrogen and oxygen atoms in total. The zero-order chi connectivity index (χ0) is 20.7. The first kappa shape index (κ1) is 21.6. The number of nitrogens with zero attached hydrogens (tertiary/aromatic N) is 2. The quantitative estimate of drug-likeness (QED) is 0.771. The summed E-state index contributed by atoms with van der Waals surface area (Å²) in [6.45, 7) is 7.98. The van der Waals surface area contributed by atoms with Crippen LogP contribution in [0.5, 0.6) is 0 Å². The van der Waals surface area contributed by atoms with E-state index in [4.69, 9.17) is 17.3 Å². The summed E-state index contributed by atoms with van der Waals surface area (Å²) >= 11 is 7.19. The van der Waals surface area contributed by atoms with Gasteiger partial charge < -0.3 is 15.4 Å². The first-order valence-corrected chi connectivity index (χ1v) is 10.6. The second kappa shape index (κ2) is 7.38. The fraction of sp³-hybridized carbons (Fsp3) is 0.412. The maximum atomic E-state index is 12.9. The SMILES string of the molecule is Cc1c(C(C)(C)C)s/c(=N\S(=O)(=O)c2cc(Cl)ccc2C(O)C(N)=O)n1C. The number of hydrogen-bond donors (Lipinski definition) is 2. The zero-order valence-corrected chi connectivity index (χ0v) is 18.0. The van der Waals surface area contributed by atoms with Gasteiger partial charge in [-0.3, -0.25) is 4.79 Å². The van der Waals surface area contributed by atoms with E-state index in [1.54, 1.807) is 11.6 Å². The summed E-state index contributed by atoms with van der Waals surface area (Å²) in [6.07, 6.45) is -1.79. The molecular weight excluding hydrogens is 410 g/mol. The first-order chi connectivity index (χ1) is 12.3. The van der Waals surface area contributed by atoms with Crippen LogP contribution < -0.4 is 10.5 Å². The minimum Gasteiger partial charge on any atom is -0.378 e. The number of rotatable bonds is 4. The van der Waals surface area contributed by atoms with Crippen LogP contribution in [-0.4, -0.2) is 24.0 Å². The Balaban J connectivity index is 2.74. The lowest BCUT2D eigenvalue weighted by Gasteiger charge is -2.17. The number of aliphatic hydroxyl groups excluding tert-OH is 1. The van der Waals surface area contributed by atoms with E-state index in [9.17, 15) is 18.3 Å². The monoisotopic (exact) mass is 431 g/mol. The molecule has 0 saturated heterocycles. The van der Waals surface area contributed by atoms with Crippen LogP contribution in [0.4, 0.5) is 0 Å². The van der Waals surface area contributed by atoms with Crippen LogP contribution in [0.25, 0.3) is 0 Å². The number of thiazole rings is 1. The second-order valence-corrected chi connectivity index (χ2v) is 10.1. The minimum absolute atomic E-state index is 0.131. The van der Waals surface area contributed by atoms with Gasteiger partial charge in [0.1, 0.15) is 0 Å². The van der Waals surface area contributed by atoms with E-state index in [1.807, 2.05) is 27.7 Å². The Hall–Kier alpha value is -1.68. The van der Waals surface area contributed by atoms with Crippen molar-refractivity contribution in [2.24, 2.45) is 17.2 Å². The summed E-state index contributed by atoms with van der Waals surface area (Å²) in [6, 6.07) is 3.77. The number of carbonyl (C=O) groups excluding carboxylic acids is 1. The van der Waals surface area contributed by atoms with Gasteiger partial charge in [0.25, 0.3) is 15.9 Å². The lowest BCUT2D eigenvalue weighted by molar-refractivity contribution is -0.126. The van der Waals surface area contributed by atoms with Gasteiger partial charge in [-0.05, 0) is 24.5 Å². The van der Waals surface area contributed by atoms with E-state index in [2.05, 4.69) is 4.40 Å². The number of aliphatic hydroxyl groups is 1. The van der Waals surface area contributed by atoms with Crippen LogP contribution in [0.2, 0.25) is 5.02 Å². The van der Waals surface area contributed by atoms with Crippen molar-refractivity contribution in [3.63, 3.8) is 0 Å².